The molecule has 0 unspecified atom stereocenters. The summed E-state index contributed by atoms with van der Waals surface area (Å²) in [6.07, 6.45) is 0. The van der Waals surface area contributed by atoms with E-state index in [1.807, 2.05) is 13.8 Å². The Balaban J connectivity index is 3.89. The lowest BCUT2D eigenvalue weighted by Gasteiger charge is -2.30. The summed E-state index contributed by atoms with van der Waals surface area (Å²) in [6, 6.07) is 0. The van der Waals surface area contributed by atoms with Gasteiger partial charge in [0.1, 0.15) is 0 Å². The summed E-state index contributed by atoms with van der Waals surface area (Å²) >= 11 is 0. The highest BCUT2D eigenvalue weighted by molar-refractivity contribution is 5.53. The van der Waals surface area contributed by atoms with E-state index in [0.29, 0.717) is 0 Å². The van der Waals surface area contributed by atoms with Gasteiger partial charge in [-0.15, -0.1) is 0 Å². The van der Waals surface area contributed by atoms with Crippen molar-refractivity contribution in [3.63, 3.8) is 0 Å². The molecule has 0 saturated carbocycles. The lowest BCUT2D eigenvalue weighted by atomic mass is 9.76. The van der Waals surface area contributed by atoms with Crippen molar-refractivity contribution in [3.8, 4) is 0 Å². The lowest BCUT2D eigenvalue weighted by molar-refractivity contribution is 0.571. The number of rotatable bonds is 6. The van der Waals surface area contributed by atoms with Crippen molar-refractivity contribution in [1.82, 2.24) is 0 Å². The van der Waals surface area contributed by atoms with Gasteiger partial charge in [0.25, 0.3) is 0 Å². The van der Waals surface area contributed by atoms with E-state index in [9.17, 15) is 0 Å². The van der Waals surface area contributed by atoms with Crippen molar-refractivity contribution < 1.29 is 0 Å². The predicted molar refractivity (Wildman–Crippen MR) is 93.2 cm³/mol. The molecule has 0 spiro atoms. The molecule has 0 amide bonds. The number of hydrogen-bond donors (Lipinski definition) is 0. The van der Waals surface area contributed by atoms with Gasteiger partial charge in [0.05, 0.1) is 19.6 Å². The van der Waals surface area contributed by atoms with E-state index < -0.39 is 0 Å². The van der Waals surface area contributed by atoms with Crippen molar-refractivity contribution in [2.24, 2.45) is 15.3 Å². The summed E-state index contributed by atoms with van der Waals surface area (Å²) in [5, 5.41) is 11.1. The average molecular weight is 327 g/mol. The summed E-state index contributed by atoms with van der Waals surface area (Å²) in [7, 11) is 0. The SMILES string of the molecule is Cc1c(CN=[N+]=[N-])c(C)c(CN=[N+]=[N-])c(C(C)(C)C)c1CN=[N+]=[N-]. The number of nitrogens with zero attached hydrogens (tertiary/aromatic N) is 9. The van der Waals surface area contributed by atoms with Gasteiger partial charge < -0.3 is 0 Å². The zero-order chi connectivity index (χ0) is 18.3. The average Bonchev–Trinajstić information content (AvgIpc) is 2.51. The summed E-state index contributed by atoms with van der Waals surface area (Å²) in [5.41, 5.74) is 31.4. The Morgan fingerprint density at radius 3 is 1.33 bits per heavy atom. The van der Waals surface area contributed by atoms with Crippen molar-refractivity contribution in [2.45, 2.75) is 59.7 Å². The van der Waals surface area contributed by atoms with Crippen LogP contribution in [0.25, 0.3) is 31.3 Å². The second-order valence-electron chi connectivity index (χ2n) is 6.48. The molecule has 1 aromatic carbocycles. The lowest BCUT2D eigenvalue weighted by Crippen LogP contribution is -2.20. The highest BCUT2D eigenvalue weighted by atomic mass is 15.1. The van der Waals surface area contributed by atoms with Gasteiger partial charge in [0.2, 0.25) is 0 Å². The highest BCUT2D eigenvalue weighted by Crippen LogP contribution is 2.37. The molecule has 1 rings (SSSR count). The number of hydrogen-bond acceptors (Lipinski definition) is 3. The topological polar surface area (TPSA) is 146 Å². The molecule has 9 heteroatoms. The summed E-state index contributed by atoms with van der Waals surface area (Å²) in [5.74, 6) is 0. The first-order valence-electron chi connectivity index (χ1n) is 7.46. The number of azide groups is 3. The van der Waals surface area contributed by atoms with Crippen LogP contribution in [0.15, 0.2) is 15.3 Å². The zero-order valence-corrected chi connectivity index (χ0v) is 14.6. The Hall–Kier alpha value is -2.85. The molecule has 9 nitrogen and oxygen atoms in total. The molecule has 0 fully saturated rings. The highest BCUT2D eigenvalue weighted by Gasteiger charge is 2.26. The van der Waals surface area contributed by atoms with E-state index >= 15 is 0 Å². The maximum absolute atomic E-state index is 8.71. The third-order valence-corrected chi connectivity index (χ3v) is 4.04. The third kappa shape index (κ3) is 4.12. The first-order valence-corrected chi connectivity index (χ1v) is 7.46. The Bertz CT molecular complexity index is 722. The molecule has 24 heavy (non-hydrogen) atoms. The van der Waals surface area contributed by atoms with E-state index in [2.05, 4.69) is 50.8 Å². The second kappa shape index (κ2) is 8.13. The zero-order valence-electron chi connectivity index (χ0n) is 14.6. The van der Waals surface area contributed by atoms with Crippen molar-refractivity contribution in [1.29, 1.82) is 0 Å². The van der Waals surface area contributed by atoms with E-state index in [1.165, 1.54) is 0 Å². The first-order chi connectivity index (χ1) is 11.3. The number of benzene rings is 1. The van der Waals surface area contributed by atoms with Crippen LogP contribution in [-0.4, -0.2) is 0 Å². The molecular formula is C15H21N9. The maximum Gasteiger partial charge on any atom is 0.0516 e. The van der Waals surface area contributed by atoms with Crippen LogP contribution in [0.1, 0.15) is 54.2 Å². The molecule has 0 radical (unpaired) electrons. The summed E-state index contributed by atoms with van der Waals surface area (Å²) in [4.78, 5) is 8.55. The Morgan fingerprint density at radius 1 is 0.708 bits per heavy atom. The van der Waals surface area contributed by atoms with Crippen LogP contribution in [0, 0.1) is 13.8 Å². The van der Waals surface area contributed by atoms with Crippen LogP contribution in [-0.2, 0) is 25.0 Å². The smallest absolute Gasteiger partial charge is 0.0516 e. The molecule has 1 aromatic rings. The van der Waals surface area contributed by atoms with Crippen LogP contribution in [0.5, 0.6) is 0 Å². The van der Waals surface area contributed by atoms with Gasteiger partial charge in [0.15, 0.2) is 0 Å². The maximum atomic E-state index is 8.71. The standard InChI is InChI=1S/C15H21N9/c1-9-11(6-19-22-16)10(2)13(8-21-24-18)14(15(3,4)5)12(9)7-20-23-17/h6-8H2,1-5H3. The minimum Gasteiger partial charge on any atom is -0.0893 e. The first kappa shape index (κ1) is 19.2. The van der Waals surface area contributed by atoms with E-state index in [1.54, 1.807) is 0 Å². The largest absolute Gasteiger partial charge is 0.0893 e. The monoisotopic (exact) mass is 327 g/mol. The fourth-order valence-electron chi connectivity index (χ4n) is 3.05. The molecule has 0 saturated heterocycles. The van der Waals surface area contributed by atoms with Crippen LogP contribution >= 0.6 is 0 Å². The Labute approximate surface area is 140 Å². The molecule has 0 aliphatic carbocycles. The van der Waals surface area contributed by atoms with E-state index in [0.717, 1.165) is 33.4 Å². The van der Waals surface area contributed by atoms with Gasteiger partial charge in [-0.05, 0) is 69.2 Å². The van der Waals surface area contributed by atoms with E-state index in [4.69, 9.17) is 16.6 Å². The fraction of sp³-hybridized carbons (Fsp3) is 0.600. The summed E-state index contributed by atoms with van der Waals surface area (Å²) in [6.45, 7) is 10.6. The molecule has 126 valence electrons. The Kier molecular flexibility index (Phi) is 6.50. The third-order valence-electron chi connectivity index (χ3n) is 4.04. The van der Waals surface area contributed by atoms with Crippen molar-refractivity contribution in [3.05, 3.63) is 64.7 Å². The van der Waals surface area contributed by atoms with Crippen LogP contribution in [0.2, 0.25) is 0 Å². The van der Waals surface area contributed by atoms with Gasteiger partial charge >= 0.3 is 0 Å². The molecule has 0 aliphatic heterocycles. The molecule has 0 N–H and O–H groups in total. The minimum absolute atomic E-state index is 0.196. The molecular weight excluding hydrogens is 306 g/mol. The van der Waals surface area contributed by atoms with Crippen LogP contribution < -0.4 is 0 Å². The molecule has 0 atom stereocenters. The van der Waals surface area contributed by atoms with Crippen LogP contribution in [0.3, 0.4) is 0 Å². The van der Waals surface area contributed by atoms with Gasteiger partial charge in [-0.1, -0.05) is 36.1 Å². The van der Waals surface area contributed by atoms with Crippen LogP contribution in [0.4, 0.5) is 0 Å². The van der Waals surface area contributed by atoms with Gasteiger partial charge in [-0.25, -0.2) is 0 Å². The molecule has 0 heterocycles. The van der Waals surface area contributed by atoms with Crippen molar-refractivity contribution >= 4 is 0 Å². The normalized spacial score (nSPS) is 10.4. The van der Waals surface area contributed by atoms with Gasteiger partial charge in [0, 0.05) is 14.7 Å². The second-order valence-corrected chi connectivity index (χ2v) is 6.48. The molecule has 0 aliphatic rings. The van der Waals surface area contributed by atoms with Crippen molar-refractivity contribution in [2.75, 3.05) is 0 Å². The van der Waals surface area contributed by atoms with Gasteiger partial charge in [-0.3, -0.25) is 0 Å². The quantitative estimate of drug-likeness (QED) is 0.341. The van der Waals surface area contributed by atoms with E-state index in [-0.39, 0.29) is 25.0 Å². The fourth-order valence-corrected chi connectivity index (χ4v) is 3.05. The predicted octanol–water partition coefficient (Wildman–Crippen LogP) is 6.03. The minimum atomic E-state index is -0.229. The Morgan fingerprint density at radius 2 is 1.04 bits per heavy atom. The molecule has 0 bridgehead atoms. The summed E-state index contributed by atoms with van der Waals surface area (Å²) < 4.78 is 0. The van der Waals surface area contributed by atoms with Gasteiger partial charge in [-0.2, -0.15) is 0 Å². The molecule has 0 aromatic heterocycles.